The highest BCUT2D eigenvalue weighted by molar-refractivity contribution is 6.05. The molecule has 0 saturated heterocycles. The second-order valence-corrected chi connectivity index (χ2v) is 4.30. The molecule has 0 saturated carbocycles. The minimum absolute atomic E-state index is 0.0317. The Morgan fingerprint density at radius 3 is 2.41 bits per heavy atom. The van der Waals surface area contributed by atoms with Gasteiger partial charge in [-0.25, -0.2) is 0 Å². The van der Waals surface area contributed by atoms with Gasteiger partial charge in [-0.15, -0.1) is 0 Å². The first kappa shape index (κ1) is 15.3. The lowest BCUT2D eigenvalue weighted by Crippen LogP contribution is -2.25. The smallest absolute Gasteiger partial charge is 0.306 e. The van der Waals surface area contributed by atoms with E-state index in [1.54, 1.807) is 6.07 Å². The Kier molecular flexibility index (Phi) is 6.80. The van der Waals surface area contributed by atoms with Crippen LogP contribution in [0, 0.1) is 28.6 Å². The Bertz CT molecular complexity index is 342. The van der Waals surface area contributed by atoms with Gasteiger partial charge in [0.25, 0.3) is 0 Å². The van der Waals surface area contributed by atoms with Crippen LogP contribution in [0.15, 0.2) is 0 Å². The molecular weight excluding hydrogens is 220 g/mol. The van der Waals surface area contributed by atoms with Crippen molar-refractivity contribution in [1.82, 2.24) is 0 Å². The predicted molar refractivity (Wildman–Crippen MR) is 62.5 cm³/mol. The molecule has 0 aromatic rings. The molecule has 0 spiro atoms. The number of hydrogen-bond donors (Lipinski definition) is 1. The fourth-order valence-corrected chi connectivity index (χ4v) is 1.12. The zero-order chi connectivity index (χ0) is 13.4. The van der Waals surface area contributed by atoms with Crippen molar-refractivity contribution in [3.05, 3.63) is 0 Å². The van der Waals surface area contributed by atoms with E-state index in [0.717, 1.165) is 0 Å². The van der Waals surface area contributed by atoms with Crippen molar-refractivity contribution in [2.75, 3.05) is 6.61 Å². The van der Waals surface area contributed by atoms with E-state index in [4.69, 9.17) is 15.4 Å². The van der Waals surface area contributed by atoms with E-state index in [0.29, 0.717) is 12.3 Å². The predicted octanol–water partition coefficient (Wildman–Crippen LogP) is 1.71. The van der Waals surface area contributed by atoms with Crippen molar-refractivity contribution >= 4 is 17.5 Å². The van der Waals surface area contributed by atoms with Crippen LogP contribution in [0.2, 0.25) is 0 Å². The van der Waals surface area contributed by atoms with Gasteiger partial charge in [0.05, 0.1) is 6.07 Å². The molecule has 5 heteroatoms. The molecule has 0 unspecified atom stereocenters. The zero-order valence-corrected chi connectivity index (χ0v) is 10.4. The van der Waals surface area contributed by atoms with Gasteiger partial charge in [-0.3, -0.25) is 9.59 Å². The first-order valence-electron chi connectivity index (χ1n) is 5.51. The summed E-state index contributed by atoms with van der Waals surface area (Å²) in [4.78, 5) is 22.6. The van der Waals surface area contributed by atoms with Gasteiger partial charge in [-0.1, -0.05) is 13.8 Å². The number of ketones is 1. The van der Waals surface area contributed by atoms with Gasteiger partial charge < -0.3 is 10.1 Å². The molecule has 0 aliphatic rings. The van der Waals surface area contributed by atoms with E-state index in [9.17, 15) is 9.59 Å². The van der Waals surface area contributed by atoms with Crippen LogP contribution in [0.25, 0.3) is 0 Å². The van der Waals surface area contributed by atoms with Crippen molar-refractivity contribution in [3.8, 4) is 6.07 Å². The fraction of sp³-hybridized carbons (Fsp3) is 0.667. The quantitative estimate of drug-likeness (QED) is 0.540. The molecule has 5 nitrogen and oxygen atoms in total. The molecule has 0 aliphatic heterocycles. The molecule has 1 atom stereocenters. The average Bonchev–Trinajstić information content (AvgIpc) is 2.23. The van der Waals surface area contributed by atoms with E-state index in [1.165, 1.54) is 6.92 Å². The van der Waals surface area contributed by atoms with E-state index < -0.39 is 24.3 Å². The maximum atomic E-state index is 11.4. The van der Waals surface area contributed by atoms with Crippen LogP contribution >= 0.6 is 0 Å². The Hall–Kier alpha value is -1.70. The molecule has 0 bridgehead atoms. The highest BCUT2D eigenvalue weighted by Crippen LogP contribution is 2.05. The Labute approximate surface area is 101 Å². The summed E-state index contributed by atoms with van der Waals surface area (Å²) in [6.07, 6.45) is 0.976. The molecule has 94 valence electrons. The summed E-state index contributed by atoms with van der Waals surface area (Å²) >= 11 is 0. The third-order valence-electron chi connectivity index (χ3n) is 2.19. The van der Waals surface area contributed by atoms with Crippen LogP contribution in [0.3, 0.4) is 0 Å². The van der Waals surface area contributed by atoms with Crippen molar-refractivity contribution in [3.63, 3.8) is 0 Å². The van der Waals surface area contributed by atoms with E-state index in [2.05, 4.69) is 0 Å². The lowest BCUT2D eigenvalue weighted by Gasteiger charge is -2.08. The van der Waals surface area contributed by atoms with Crippen LogP contribution in [0.1, 0.15) is 33.6 Å². The van der Waals surface area contributed by atoms with Gasteiger partial charge in [-0.2, -0.15) is 5.26 Å². The summed E-state index contributed by atoms with van der Waals surface area (Å²) in [5.74, 6) is -1.69. The number of hydrogen-bond acceptors (Lipinski definition) is 5. The van der Waals surface area contributed by atoms with E-state index in [-0.39, 0.29) is 12.1 Å². The highest BCUT2D eigenvalue weighted by atomic mass is 16.5. The third-order valence-corrected chi connectivity index (χ3v) is 2.19. The molecule has 0 rings (SSSR count). The summed E-state index contributed by atoms with van der Waals surface area (Å²) in [6, 6.07) is 1.71. The molecule has 0 radical (unpaired) electrons. The Morgan fingerprint density at radius 2 is 2.00 bits per heavy atom. The van der Waals surface area contributed by atoms with Crippen molar-refractivity contribution in [1.29, 1.82) is 10.7 Å². The summed E-state index contributed by atoms with van der Waals surface area (Å²) in [5.41, 5.74) is -0.0317. The average molecular weight is 238 g/mol. The van der Waals surface area contributed by atoms with Gasteiger partial charge in [0.15, 0.2) is 12.4 Å². The summed E-state index contributed by atoms with van der Waals surface area (Å²) in [7, 11) is 0. The number of nitrogens with zero attached hydrogens (tertiary/aromatic N) is 1. The second kappa shape index (κ2) is 7.55. The minimum atomic E-state index is -1.10. The van der Waals surface area contributed by atoms with Crippen LogP contribution in [-0.4, -0.2) is 24.1 Å². The standard InChI is InChI=1S/C12H18N2O3/c1-8(2)4-5-12(16)17-7-11(15)10(6-13)9(3)14/h8,10,14H,4-5,7H2,1-3H3/t10-/m1/s1. The molecule has 17 heavy (non-hydrogen) atoms. The Balaban J connectivity index is 4.04. The minimum Gasteiger partial charge on any atom is -0.458 e. The molecule has 0 aromatic heterocycles. The first-order valence-corrected chi connectivity index (χ1v) is 5.51. The number of Topliss-reactive ketones (excluding diaryl/α,β-unsaturated/α-hetero) is 1. The molecule has 0 fully saturated rings. The van der Waals surface area contributed by atoms with Gasteiger partial charge in [-0.05, 0) is 19.3 Å². The normalized spacial score (nSPS) is 11.7. The van der Waals surface area contributed by atoms with Gasteiger partial charge in [0, 0.05) is 12.1 Å². The van der Waals surface area contributed by atoms with Crippen LogP contribution in [0.4, 0.5) is 0 Å². The number of esters is 1. The van der Waals surface area contributed by atoms with Crippen molar-refractivity contribution < 1.29 is 14.3 Å². The summed E-state index contributed by atoms with van der Waals surface area (Å²) in [5, 5.41) is 15.9. The highest BCUT2D eigenvalue weighted by Gasteiger charge is 2.21. The molecule has 0 aromatic carbocycles. The molecule has 0 amide bonds. The molecular formula is C12H18N2O3. The lowest BCUT2D eigenvalue weighted by atomic mass is 10.0. The number of nitrogens with one attached hydrogen (secondary N) is 1. The van der Waals surface area contributed by atoms with E-state index in [1.807, 2.05) is 13.8 Å². The third kappa shape index (κ3) is 6.46. The SMILES string of the molecule is CC(=N)[C@@H](C#N)C(=O)COC(=O)CCC(C)C. The molecule has 0 heterocycles. The lowest BCUT2D eigenvalue weighted by molar-refractivity contribution is -0.148. The fourth-order valence-electron chi connectivity index (χ4n) is 1.12. The summed E-state index contributed by atoms with van der Waals surface area (Å²) < 4.78 is 4.75. The molecule has 0 aliphatic carbocycles. The number of rotatable bonds is 7. The number of carbonyl (C=O) groups is 2. The van der Waals surface area contributed by atoms with Crippen molar-refractivity contribution in [2.24, 2.45) is 11.8 Å². The zero-order valence-electron chi connectivity index (χ0n) is 10.4. The van der Waals surface area contributed by atoms with Gasteiger partial charge in [0.1, 0.15) is 5.92 Å². The van der Waals surface area contributed by atoms with Crippen LogP contribution in [-0.2, 0) is 14.3 Å². The maximum Gasteiger partial charge on any atom is 0.306 e. The second-order valence-electron chi connectivity index (χ2n) is 4.30. The monoisotopic (exact) mass is 238 g/mol. The number of carbonyl (C=O) groups excluding carboxylic acids is 2. The van der Waals surface area contributed by atoms with Crippen LogP contribution < -0.4 is 0 Å². The largest absolute Gasteiger partial charge is 0.458 e. The molecule has 1 N–H and O–H groups in total. The van der Waals surface area contributed by atoms with Crippen LogP contribution in [0.5, 0.6) is 0 Å². The van der Waals surface area contributed by atoms with Crippen molar-refractivity contribution in [2.45, 2.75) is 33.6 Å². The number of ether oxygens (including phenoxy) is 1. The summed E-state index contributed by atoms with van der Waals surface area (Å²) in [6.45, 7) is 4.93. The van der Waals surface area contributed by atoms with E-state index >= 15 is 0 Å². The van der Waals surface area contributed by atoms with Gasteiger partial charge in [0.2, 0.25) is 0 Å². The topological polar surface area (TPSA) is 91.0 Å². The Morgan fingerprint density at radius 1 is 1.41 bits per heavy atom. The van der Waals surface area contributed by atoms with Gasteiger partial charge >= 0.3 is 5.97 Å². The first-order chi connectivity index (χ1) is 7.88. The number of nitriles is 1. The maximum absolute atomic E-state index is 11.4.